The monoisotopic (exact) mass is 198 g/mol. The van der Waals surface area contributed by atoms with Crippen LogP contribution in [0.2, 0.25) is 0 Å². The van der Waals surface area contributed by atoms with Crippen LogP contribution in [0.3, 0.4) is 0 Å². The molecule has 1 atom stereocenters. The first kappa shape index (κ1) is 9.58. The van der Waals surface area contributed by atoms with E-state index in [4.69, 9.17) is 0 Å². The number of halogens is 1. The molecule has 4 nitrogen and oxygen atoms in total. The van der Waals surface area contributed by atoms with Gasteiger partial charge < -0.3 is 4.57 Å². The van der Waals surface area contributed by atoms with Crippen molar-refractivity contribution in [2.45, 2.75) is 25.6 Å². The van der Waals surface area contributed by atoms with Crippen molar-refractivity contribution in [3.8, 4) is 0 Å². The third-order valence-electron chi connectivity index (χ3n) is 2.62. The molecule has 0 amide bonds. The molecule has 14 heavy (non-hydrogen) atoms. The van der Waals surface area contributed by atoms with E-state index >= 15 is 0 Å². The first-order chi connectivity index (χ1) is 6.75. The summed E-state index contributed by atoms with van der Waals surface area (Å²) in [6.45, 7) is 2.21. The van der Waals surface area contributed by atoms with Gasteiger partial charge in [-0.05, 0) is 19.4 Å². The molecule has 0 bridgehead atoms. The normalized spacial score (nSPS) is 24.0. The Kier molecular flexibility index (Phi) is 2.77. The predicted molar refractivity (Wildman–Crippen MR) is 50.4 cm³/mol. The van der Waals surface area contributed by atoms with E-state index in [-0.39, 0.29) is 0 Å². The average molecular weight is 198 g/mol. The second-order valence-corrected chi connectivity index (χ2v) is 3.83. The lowest BCUT2D eigenvalue weighted by Crippen LogP contribution is -2.36. The molecule has 0 aromatic carbocycles. The van der Waals surface area contributed by atoms with Gasteiger partial charge >= 0.3 is 0 Å². The summed E-state index contributed by atoms with van der Waals surface area (Å²) in [7, 11) is 1.91. The van der Waals surface area contributed by atoms with Crippen molar-refractivity contribution in [1.82, 2.24) is 19.7 Å². The summed E-state index contributed by atoms with van der Waals surface area (Å²) in [5.41, 5.74) is 0. The number of hydrogen-bond acceptors (Lipinski definition) is 3. The summed E-state index contributed by atoms with van der Waals surface area (Å²) < 4.78 is 15.0. The van der Waals surface area contributed by atoms with Crippen molar-refractivity contribution < 1.29 is 4.39 Å². The highest BCUT2D eigenvalue weighted by atomic mass is 19.1. The lowest BCUT2D eigenvalue weighted by atomic mass is 10.1. The summed E-state index contributed by atoms with van der Waals surface area (Å²) in [4.78, 5) is 2.10. The molecule has 0 radical (unpaired) electrons. The van der Waals surface area contributed by atoms with E-state index in [0.717, 1.165) is 18.8 Å². The standard InChI is InChI=1S/C9H15FN4/c1-13-7-11-12-9(13)6-14-4-2-3-8(10)5-14/h7-8H,2-6H2,1H3. The molecule has 0 saturated carbocycles. The summed E-state index contributed by atoms with van der Waals surface area (Å²) in [6.07, 6.45) is 2.65. The molecule has 5 heteroatoms. The van der Waals surface area contributed by atoms with Crippen LogP contribution in [0, 0.1) is 0 Å². The maximum absolute atomic E-state index is 13.1. The minimum atomic E-state index is -0.669. The van der Waals surface area contributed by atoms with Crippen molar-refractivity contribution in [3.63, 3.8) is 0 Å². The Balaban J connectivity index is 1.94. The molecule has 1 aromatic rings. The van der Waals surface area contributed by atoms with Gasteiger partial charge in [0.25, 0.3) is 0 Å². The minimum Gasteiger partial charge on any atom is -0.320 e. The minimum absolute atomic E-state index is 0.535. The molecule has 1 aromatic heterocycles. The summed E-state index contributed by atoms with van der Waals surface area (Å²) in [5.74, 6) is 0.902. The quantitative estimate of drug-likeness (QED) is 0.703. The zero-order valence-electron chi connectivity index (χ0n) is 8.36. The lowest BCUT2D eigenvalue weighted by Gasteiger charge is -2.28. The number of aromatic nitrogens is 3. The van der Waals surface area contributed by atoms with E-state index in [1.165, 1.54) is 0 Å². The number of likely N-dealkylation sites (tertiary alicyclic amines) is 1. The van der Waals surface area contributed by atoms with Crippen molar-refractivity contribution in [2.75, 3.05) is 13.1 Å². The third-order valence-corrected chi connectivity index (χ3v) is 2.62. The predicted octanol–water partition coefficient (Wildman–Crippen LogP) is 0.749. The van der Waals surface area contributed by atoms with Crippen molar-refractivity contribution >= 4 is 0 Å². The van der Waals surface area contributed by atoms with E-state index in [9.17, 15) is 4.39 Å². The molecule has 78 valence electrons. The zero-order chi connectivity index (χ0) is 9.97. The second kappa shape index (κ2) is 4.04. The summed E-state index contributed by atoms with van der Waals surface area (Å²) in [6, 6.07) is 0. The molecule has 0 spiro atoms. The fourth-order valence-electron chi connectivity index (χ4n) is 1.79. The first-order valence-electron chi connectivity index (χ1n) is 4.95. The Hall–Kier alpha value is -0.970. The van der Waals surface area contributed by atoms with Crippen molar-refractivity contribution in [3.05, 3.63) is 12.2 Å². The van der Waals surface area contributed by atoms with Crippen molar-refractivity contribution in [2.24, 2.45) is 7.05 Å². The molecule has 1 unspecified atom stereocenters. The molecule has 2 rings (SSSR count). The van der Waals surface area contributed by atoms with Gasteiger partial charge in [-0.2, -0.15) is 0 Å². The topological polar surface area (TPSA) is 34.0 Å². The molecule has 1 aliphatic rings. The molecular weight excluding hydrogens is 183 g/mol. The van der Waals surface area contributed by atoms with E-state index in [1.807, 2.05) is 11.6 Å². The number of aryl methyl sites for hydroxylation is 1. The zero-order valence-corrected chi connectivity index (χ0v) is 8.36. The second-order valence-electron chi connectivity index (χ2n) is 3.83. The highest BCUT2D eigenvalue weighted by Gasteiger charge is 2.20. The summed E-state index contributed by atoms with van der Waals surface area (Å²) >= 11 is 0. The molecular formula is C9H15FN4. The van der Waals surface area contributed by atoms with E-state index in [2.05, 4.69) is 15.1 Å². The van der Waals surface area contributed by atoms with Gasteiger partial charge in [-0.15, -0.1) is 10.2 Å². The highest BCUT2D eigenvalue weighted by molar-refractivity contribution is 4.86. The highest BCUT2D eigenvalue weighted by Crippen LogP contribution is 2.14. The molecule has 0 N–H and O–H groups in total. The van der Waals surface area contributed by atoms with Crippen LogP contribution in [-0.4, -0.2) is 38.9 Å². The van der Waals surface area contributed by atoms with Crippen molar-refractivity contribution in [1.29, 1.82) is 0 Å². The summed E-state index contributed by atoms with van der Waals surface area (Å²) in [5, 5.41) is 7.78. The average Bonchev–Trinajstić information content (AvgIpc) is 2.52. The Bertz CT molecular complexity index is 299. The smallest absolute Gasteiger partial charge is 0.146 e. The molecule has 1 fully saturated rings. The molecule has 0 aliphatic carbocycles. The lowest BCUT2D eigenvalue weighted by molar-refractivity contribution is 0.129. The van der Waals surface area contributed by atoms with Crippen LogP contribution in [0.1, 0.15) is 18.7 Å². The largest absolute Gasteiger partial charge is 0.320 e. The maximum Gasteiger partial charge on any atom is 0.146 e. The van der Waals surface area contributed by atoms with Crippen LogP contribution in [-0.2, 0) is 13.6 Å². The molecule has 1 aliphatic heterocycles. The Morgan fingerprint density at radius 3 is 3.14 bits per heavy atom. The van der Waals surface area contributed by atoms with Gasteiger partial charge in [-0.3, -0.25) is 4.90 Å². The van der Waals surface area contributed by atoms with Gasteiger partial charge in [0.15, 0.2) is 0 Å². The SMILES string of the molecule is Cn1cnnc1CN1CCCC(F)C1. The van der Waals surface area contributed by atoms with E-state index in [0.29, 0.717) is 19.5 Å². The van der Waals surface area contributed by atoms with Gasteiger partial charge in [-0.1, -0.05) is 0 Å². The maximum atomic E-state index is 13.1. The number of rotatable bonds is 2. The Morgan fingerprint density at radius 2 is 2.50 bits per heavy atom. The third kappa shape index (κ3) is 2.09. The number of alkyl halides is 1. The van der Waals surface area contributed by atoms with Gasteiger partial charge in [0, 0.05) is 13.6 Å². The molecule has 2 heterocycles. The van der Waals surface area contributed by atoms with E-state index < -0.39 is 6.17 Å². The fourth-order valence-corrected chi connectivity index (χ4v) is 1.79. The number of piperidine rings is 1. The van der Waals surface area contributed by atoms with Gasteiger partial charge in [0.05, 0.1) is 6.54 Å². The Labute approximate surface area is 82.7 Å². The first-order valence-corrected chi connectivity index (χ1v) is 4.95. The van der Waals surface area contributed by atoms with Crippen LogP contribution in [0.4, 0.5) is 4.39 Å². The number of nitrogens with zero attached hydrogens (tertiary/aromatic N) is 4. The van der Waals surface area contributed by atoms with E-state index in [1.54, 1.807) is 6.33 Å². The van der Waals surface area contributed by atoms with Gasteiger partial charge in [-0.25, -0.2) is 4.39 Å². The number of hydrogen-bond donors (Lipinski definition) is 0. The van der Waals surface area contributed by atoms with Crippen LogP contribution >= 0.6 is 0 Å². The van der Waals surface area contributed by atoms with Crippen LogP contribution < -0.4 is 0 Å². The molecule has 1 saturated heterocycles. The van der Waals surface area contributed by atoms with Crippen LogP contribution in [0.25, 0.3) is 0 Å². The fraction of sp³-hybridized carbons (Fsp3) is 0.778. The Morgan fingerprint density at radius 1 is 1.64 bits per heavy atom. The van der Waals surface area contributed by atoms with Gasteiger partial charge in [0.1, 0.15) is 18.3 Å². The van der Waals surface area contributed by atoms with Crippen LogP contribution in [0.5, 0.6) is 0 Å². The van der Waals surface area contributed by atoms with Crippen LogP contribution in [0.15, 0.2) is 6.33 Å². The van der Waals surface area contributed by atoms with Gasteiger partial charge in [0.2, 0.25) is 0 Å².